The summed E-state index contributed by atoms with van der Waals surface area (Å²) in [6.45, 7) is 0.0158. The third kappa shape index (κ3) is 3.96. The maximum absolute atomic E-state index is 9.52. The van der Waals surface area contributed by atoms with Crippen LogP contribution in [0.15, 0.2) is 51.4 Å². The van der Waals surface area contributed by atoms with Gasteiger partial charge in [0.2, 0.25) is 0 Å². The summed E-state index contributed by atoms with van der Waals surface area (Å²) in [5.41, 5.74) is 1.93. The zero-order valence-corrected chi connectivity index (χ0v) is 13.8. The van der Waals surface area contributed by atoms with Crippen LogP contribution in [0.2, 0.25) is 5.02 Å². The minimum atomic E-state index is -0.152. The lowest BCUT2D eigenvalue weighted by atomic mass is 10.1. The van der Waals surface area contributed by atoms with Crippen molar-refractivity contribution in [2.24, 2.45) is 0 Å². The van der Waals surface area contributed by atoms with Crippen molar-refractivity contribution in [1.29, 1.82) is 0 Å². The number of halogens is 3. The fourth-order valence-corrected chi connectivity index (χ4v) is 2.48. The first-order chi connectivity index (χ1) is 9.10. The van der Waals surface area contributed by atoms with Gasteiger partial charge in [-0.2, -0.15) is 0 Å². The molecule has 5 heteroatoms. The second kappa shape index (κ2) is 6.75. The van der Waals surface area contributed by atoms with Gasteiger partial charge in [0.05, 0.1) is 17.7 Å². The summed E-state index contributed by atoms with van der Waals surface area (Å²) in [5, 5.41) is 13.5. The van der Waals surface area contributed by atoms with Crippen LogP contribution in [0, 0.1) is 0 Å². The fourth-order valence-electron chi connectivity index (χ4n) is 1.72. The first kappa shape index (κ1) is 14.9. The molecule has 0 radical (unpaired) electrons. The van der Waals surface area contributed by atoms with E-state index in [-0.39, 0.29) is 12.6 Å². The molecule has 1 unspecified atom stereocenters. The summed E-state index contributed by atoms with van der Waals surface area (Å²) in [7, 11) is 0. The van der Waals surface area contributed by atoms with E-state index in [2.05, 4.69) is 37.2 Å². The SMILES string of the molecule is OCC(Nc1ccc(Cl)c(Br)c1)c1ccc(Br)cc1. The molecule has 2 rings (SSSR count). The first-order valence-corrected chi connectivity index (χ1v) is 7.64. The number of aliphatic hydroxyl groups is 1. The molecule has 2 aromatic carbocycles. The molecule has 2 N–H and O–H groups in total. The summed E-state index contributed by atoms with van der Waals surface area (Å²) in [4.78, 5) is 0. The van der Waals surface area contributed by atoms with E-state index in [0.717, 1.165) is 20.2 Å². The van der Waals surface area contributed by atoms with E-state index in [0.29, 0.717) is 5.02 Å². The minimum absolute atomic E-state index is 0.0158. The molecular weight excluding hydrogens is 393 g/mol. The molecule has 0 aliphatic rings. The quantitative estimate of drug-likeness (QED) is 0.749. The van der Waals surface area contributed by atoms with Gasteiger partial charge in [-0.25, -0.2) is 0 Å². The van der Waals surface area contributed by atoms with Gasteiger partial charge in [0.25, 0.3) is 0 Å². The van der Waals surface area contributed by atoms with Crippen molar-refractivity contribution < 1.29 is 5.11 Å². The van der Waals surface area contributed by atoms with Crippen molar-refractivity contribution in [3.8, 4) is 0 Å². The molecule has 0 bridgehead atoms. The van der Waals surface area contributed by atoms with Crippen molar-refractivity contribution >= 4 is 49.1 Å². The molecule has 1 atom stereocenters. The molecule has 0 amide bonds. The highest BCUT2D eigenvalue weighted by molar-refractivity contribution is 9.10. The summed E-state index contributed by atoms with van der Waals surface area (Å²) in [5.74, 6) is 0. The molecule has 100 valence electrons. The standard InChI is InChI=1S/C14H12Br2ClNO/c15-10-3-1-9(2-4-10)14(8-19)18-11-5-6-13(17)12(16)7-11/h1-7,14,18-19H,8H2. The van der Waals surface area contributed by atoms with Gasteiger partial charge >= 0.3 is 0 Å². The highest BCUT2D eigenvalue weighted by Crippen LogP contribution is 2.28. The molecule has 0 spiro atoms. The molecule has 0 heterocycles. The smallest absolute Gasteiger partial charge is 0.0745 e. The topological polar surface area (TPSA) is 32.3 Å². The number of nitrogens with one attached hydrogen (secondary N) is 1. The van der Waals surface area contributed by atoms with Crippen LogP contribution in [-0.2, 0) is 0 Å². The largest absolute Gasteiger partial charge is 0.394 e. The van der Waals surface area contributed by atoms with Gasteiger partial charge in [-0.1, -0.05) is 39.7 Å². The average Bonchev–Trinajstić information content (AvgIpc) is 2.41. The normalized spacial score (nSPS) is 12.2. The van der Waals surface area contributed by atoms with Crippen molar-refractivity contribution in [2.45, 2.75) is 6.04 Å². The number of anilines is 1. The van der Waals surface area contributed by atoms with Crippen LogP contribution in [0.3, 0.4) is 0 Å². The number of aliphatic hydroxyl groups excluding tert-OH is 1. The summed E-state index contributed by atoms with van der Waals surface area (Å²) in [6, 6.07) is 13.3. The Hall–Kier alpha value is -0.550. The van der Waals surface area contributed by atoms with E-state index in [1.54, 1.807) is 0 Å². The van der Waals surface area contributed by atoms with Crippen LogP contribution < -0.4 is 5.32 Å². The average molecular weight is 406 g/mol. The van der Waals surface area contributed by atoms with Gasteiger partial charge in [-0.15, -0.1) is 0 Å². The van der Waals surface area contributed by atoms with Crippen molar-refractivity contribution in [3.63, 3.8) is 0 Å². The van der Waals surface area contributed by atoms with Gasteiger partial charge in [0.1, 0.15) is 0 Å². The second-order valence-corrected chi connectivity index (χ2v) is 6.24. The Bertz CT molecular complexity index is 560. The van der Waals surface area contributed by atoms with Gasteiger partial charge in [0, 0.05) is 14.6 Å². The van der Waals surface area contributed by atoms with Gasteiger partial charge in [0.15, 0.2) is 0 Å². The second-order valence-electron chi connectivity index (χ2n) is 4.06. The lowest BCUT2D eigenvalue weighted by molar-refractivity contribution is 0.276. The number of hydrogen-bond donors (Lipinski definition) is 2. The van der Waals surface area contributed by atoms with Crippen LogP contribution in [0.25, 0.3) is 0 Å². The predicted molar refractivity (Wildman–Crippen MR) is 86.7 cm³/mol. The van der Waals surface area contributed by atoms with Gasteiger partial charge in [-0.05, 0) is 51.8 Å². The molecular formula is C14H12Br2ClNO. The monoisotopic (exact) mass is 403 g/mol. The molecule has 0 saturated heterocycles. The van der Waals surface area contributed by atoms with Crippen LogP contribution in [0.1, 0.15) is 11.6 Å². The van der Waals surface area contributed by atoms with E-state index >= 15 is 0 Å². The Morgan fingerprint density at radius 1 is 1.11 bits per heavy atom. The number of hydrogen-bond acceptors (Lipinski definition) is 2. The Labute approximate surface area is 134 Å². The van der Waals surface area contributed by atoms with Crippen molar-refractivity contribution in [2.75, 3.05) is 11.9 Å². The molecule has 2 aromatic rings. The van der Waals surface area contributed by atoms with E-state index in [1.807, 2.05) is 42.5 Å². The Balaban J connectivity index is 2.18. The summed E-state index contributed by atoms with van der Waals surface area (Å²) in [6.07, 6.45) is 0. The lowest BCUT2D eigenvalue weighted by Gasteiger charge is -2.18. The molecule has 19 heavy (non-hydrogen) atoms. The van der Waals surface area contributed by atoms with Crippen LogP contribution in [0.5, 0.6) is 0 Å². The zero-order valence-electron chi connectivity index (χ0n) is 9.91. The molecule has 2 nitrogen and oxygen atoms in total. The van der Waals surface area contributed by atoms with E-state index in [1.165, 1.54) is 0 Å². The van der Waals surface area contributed by atoms with Crippen molar-refractivity contribution in [1.82, 2.24) is 0 Å². The first-order valence-electron chi connectivity index (χ1n) is 5.68. The van der Waals surface area contributed by atoms with Crippen LogP contribution >= 0.6 is 43.5 Å². The molecule has 0 aliphatic heterocycles. The predicted octanol–water partition coefficient (Wildman–Crippen LogP) is 5.01. The highest BCUT2D eigenvalue weighted by Gasteiger charge is 2.10. The maximum Gasteiger partial charge on any atom is 0.0745 e. The summed E-state index contributed by atoms with van der Waals surface area (Å²) < 4.78 is 1.84. The minimum Gasteiger partial charge on any atom is -0.394 e. The van der Waals surface area contributed by atoms with Crippen LogP contribution in [-0.4, -0.2) is 11.7 Å². The zero-order chi connectivity index (χ0) is 13.8. The van der Waals surface area contributed by atoms with E-state index in [4.69, 9.17) is 11.6 Å². The van der Waals surface area contributed by atoms with Crippen LogP contribution in [0.4, 0.5) is 5.69 Å². The van der Waals surface area contributed by atoms with Crippen molar-refractivity contribution in [3.05, 3.63) is 62.0 Å². The summed E-state index contributed by atoms with van der Waals surface area (Å²) >= 11 is 12.7. The Kier molecular flexibility index (Phi) is 5.28. The molecule has 0 aromatic heterocycles. The Morgan fingerprint density at radius 3 is 2.37 bits per heavy atom. The van der Waals surface area contributed by atoms with Gasteiger partial charge < -0.3 is 10.4 Å². The molecule has 0 fully saturated rings. The lowest BCUT2D eigenvalue weighted by Crippen LogP contribution is -2.14. The maximum atomic E-state index is 9.52. The molecule has 0 aliphatic carbocycles. The van der Waals surface area contributed by atoms with Gasteiger partial charge in [-0.3, -0.25) is 0 Å². The Morgan fingerprint density at radius 2 is 1.79 bits per heavy atom. The third-order valence-electron chi connectivity index (χ3n) is 2.72. The third-order valence-corrected chi connectivity index (χ3v) is 4.46. The number of benzene rings is 2. The fraction of sp³-hybridized carbons (Fsp3) is 0.143. The van der Waals surface area contributed by atoms with E-state index < -0.39 is 0 Å². The number of rotatable bonds is 4. The molecule has 0 saturated carbocycles. The highest BCUT2D eigenvalue weighted by atomic mass is 79.9. The van der Waals surface area contributed by atoms with E-state index in [9.17, 15) is 5.11 Å².